The van der Waals surface area contributed by atoms with Crippen LogP contribution in [0.15, 0.2) is 29.2 Å². The van der Waals surface area contributed by atoms with Gasteiger partial charge in [0.15, 0.2) is 0 Å². The minimum Gasteiger partial charge on any atom is -0.393 e. The number of nitrogens with one attached hydrogen (secondary N) is 2. The van der Waals surface area contributed by atoms with E-state index in [1.54, 1.807) is 0 Å². The molecule has 1 aromatic rings. The first-order valence-electron chi connectivity index (χ1n) is 8.07. The Morgan fingerprint density at radius 1 is 1.25 bits per heavy atom. The molecule has 134 valence electrons. The summed E-state index contributed by atoms with van der Waals surface area (Å²) in [7, 11) is -3.75. The van der Waals surface area contributed by atoms with Gasteiger partial charge < -0.3 is 10.4 Å². The minimum atomic E-state index is -3.75. The van der Waals surface area contributed by atoms with E-state index in [9.17, 15) is 22.7 Å². The van der Waals surface area contributed by atoms with Crippen LogP contribution in [0.5, 0.6) is 0 Å². The van der Waals surface area contributed by atoms with Gasteiger partial charge in [0.1, 0.15) is 5.82 Å². The van der Waals surface area contributed by atoms with Crippen molar-refractivity contribution >= 4 is 15.9 Å². The van der Waals surface area contributed by atoms with Crippen molar-refractivity contribution in [1.82, 2.24) is 10.0 Å². The summed E-state index contributed by atoms with van der Waals surface area (Å²) in [4.78, 5) is 11.7. The van der Waals surface area contributed by atoms with E-state index in [1.165, 1.54) is 12.1 Å². The van der Waals surface area contributed by atoms with Gasteiger partial charge in [0.2, 0.25) is 15.9 Å². The topological polar surface area (TPSA) is 95.5 Å². The molecular formula is C16H23FN2O4S. The molecule has 0 spiro atoms. The molecule has 1 amide bonds. The number of aliphatic hydroxyl groups is 1. The zero-order valence-electron chi connectivity index (χ0n) is 13.4. The number of benzene rings is 1. The molecule has 2 rings (SSSR count). The molecule has 0 saturated heterocycles. The molecule has 3 N–H and O–H groups in total. The highest BCUT2D eigenvalue weighted by Gasteiger charge is 2.20. The van der Waals surface area contributed by atoms with Crippen molar-refractivity contribution in [3.63, 3.8) is 0 Å². The molecule has 8 heteroatoms. The third kappa shape index (κ3) is 5.85. The lowest BCUT2D eigenvalue weighted by molar-refractivity contribution is -0.121. The third-order valence-electron chi connectivity index (χ3n) is 4.11. The Balaban J connectivity index is 1.71. The van der Waals surface area contributed by atoms with Crippen molar-refractivity contribution in [2.75, 3.05) is 13.1 Å². The lowest BCUT2D eigenvalue weighted by Gasteiger charge is -2.25. The fourth-order valence-electron chi connectivity index (χ4n) is 2.79. The Morgan fingerprint density at radius 3 is 2.62 bits per heavy atom. The van der Waals surface area contributed by atoms with Crippen LogP contribution in [-0.2, 0) is 14.8 Å². The molecule has 1 saturated carbocycles. The van der Waals surface area contributed by atoms with E-state index in [0.717, 1.165) is 31.4 Å². The van der Waals surface area contributed by atoms with E-state index in [1.807, 2.05) is 0 Å². The molecule has 1 aliphatic rings. The van der Waals surface area contributed by atoms with E-state index in [0.29, 0.717) is 13.0 Å². The number of carbonyl (C=O) groups excluding carboxylic acids is 1. The summed E-state index contributed by atoms with van der Waals surface area (Å²) in [6, 6.07) is 4.48. The van der Waals surface area contributed by atoms with E-state index < -0.39 is 15.8 Å². The number of aliphatic hydroxyl groups excluding tert-OH is 1. The summed E-state index contributed by atoms with van der Waals surface area (Å²) in [5.74, 6) is -0.480. The molecule has 0 radical (unpaired) electrons. The summed E-state index contributed by atoms with van der Waals surface area (Å²) < 4.78 is 39.1. The van der Waals surface area contributed by atoms with Gasteiger partial charge in [0.05, 0.1) is 11.0 Å². The van der Waals surface area contributed by atoms with Crippen LogP contribution in [0, 0.1) is 11.7 Å². The molecule has 6 nitrogen and oxygen atoms in total. The fraction of sp³-hybridized carbons (Fsp3) is 0.562. The quantitative estimate of drug-likeness (QED) is 0.682. The number of carbonyl (C=O) groups is 1. The van der Waals surface area contributed by atoms with Gasteiger partial charge >= 0.3 is 0 Å². The number of sulfonamides is 1. The Bertz CT molecular complexity index is 649. The number of rotatable bonds is 7. The zero-order valence-corrected chi connectivity index (χ0v) is 14.2. The van der Waals surface area contributed by atoms with E-state index in [4.69, 9.17) is 0 Å². The van der Waals surface area contributed by atoms with Gasteiger partial charge in [-0.3, -0.25) is 4.79 Å². The largest absolute Gasteiger partial charge is 0.393 e. The predicted molar refractivity (Wildman–Crippen MR) is 87.2 cm³/mol. The highest BCUT2D eigenvalue weighted by molar-refractivity contribution is 7.89. The van der Waals surface area contributed by atoms with Crippen LogP contribution < -0.4 is 10.0 Å². The van der Waals surface area contributed by atoms with Gasteiger partial charge in [-0.15, -0.1) is 0 Å². The van der Waals surface area contributed by atoms with Crippen molar-refractivity contribution in [1.29, 1.82) is 0 Å². The van der Waals surface area contributed by atoms with E-state index in [2.05, 4.69) is 10.0 Å². The Labute approximate surface area is 141 Å². The maximum atomic E-state index is 12.8. The molecule has 1 aromatic carbocycles. The normalized spacial score (nSPS) is 21.4. The lowest BCUT2D eigenvalue weighted by Crippen LogP contribution is -2.35. The monoisotopic (exact) mass is 358 g/mol. The number of halogens is 1. The molecule has 0 heterocycles. The lowest BCUT2D eigenvalue weighted by atomic mass is 9.87. The van der Waals surface area contributed by atoms with Crippen LogP contribution in [-0.4, -0.2) is 38.6 Å². The van der Waals surface area contributed by atoms with Gasteiger partial charge in [-0.25, -0.2) is 17.5 Å². The summed E-state index contributed by atoms with van der Waals surface area (Å²) in [5.41, 5.74) is 0. The average Bonchev–Trinajstić information content (AvgIpc) is 2.53. The number of hydrogen-bond acceptors (Lipinski definition) is 4. The predicted octanol–water partition coefficient (Wildman–Crippen LogP) is 1.16. The SMILES string of the molecule is O=C(CCNS(=O)(=O)c1ccc(F)cc1)NC[C@@H]1CCC[C@H](O)C1. The van der Waals surface area contributed by atoms with Crippen LogP contribution in [0.2, 0.25) is 0 Å². The Morgan fingerprint density at radius 2 is 1.96 bits per heavy atom. The molecule has 24 heavy (non-hydrogen) atoms. The summed E-state index contributed by atoms with van der Waals surface area (Å²) in [5, 5.41) is 12.4. The first kappa shape index (κ1) is 18.8. The smallest absolute Gasteiger partial charge is 0.240 e. The van der Waals surface area contributed by atoms with Crippen LogP contribution in [0.3, 0.4) is 0 Å². The summed E-state index contributed by atoms with van der Waals surface area (Å²) in [6.07, 6.45) is 3.18. The molecule has 2 atom stereocenters. The van der Waals surface area contributed by atoms with Gasteiger partial charge in [-0.1, -0.05) is 6.42 Å². The number of hydrogen-bond donors (Lipinski definition) is 3. The summed E-state index contributed by atoms with van der Waals surface area (Å²) in [6.45, 7) is 0.472. The van der Waals surface area contributed by atoms with E-state index >= 15 is 0 Å². The molecule has 0 bridgehead atoms. The molecule has 0 aliphatic heterocycles. The first-order chi connectivity index (χ1) is 11.4. The van der Waals surface area contributed by atoms with Crippen molar-refractivity contribution < 1.29 is 22.7 Å². The second-order valence-corrected chi connectivity index (χ2v) is 7.86. The van der Waals surface area contributed by atoms with Crippen LogP contribution in [0.1, 0.15) is 32.1 Å². The summed E-state index contributed by atoms with van der Waals surface area (Å²) >= 11 is 0. The first-order valence-corrected chi connectivity index (χ1v) is 9.55. The van der Waals surface area contributed by atoms with Gasteiger partial charge in [-0.2, -0.15) is 0 Å². The fourth-order valence-corrected chi connectivity index (χ4v) is 3.82. The average molecular weight is 358 g/mol. The highest BCUT2D eigenvalue weighted by Crippen LogP contribution is 2.23. The molecule has 1 fully saturated rings. The van der Waals surface area contributed by atoms with Crippen molar-refractivity contribution in [3.05, 3.63) is 30.1 Å². The second-order valence-electron chi connectivity index (χ2n) is 6.09. The van der Waals surface area contributed by atoms with Crippen LogP contribution in [0.25, 0.3) is 0 Å². The maximum absolute atomic E-state index is 12.8. The van der Waals surface area contributed by atoms with Gasteiger partial charge in [0.25, 0.3) is 0 Å². The van der Waals surface area contributed by atoms with Gasteiger partial charge in [-0.05, 0) is 49.4 Å². The number of amides is 1. The van der Waals surface area contributed by atoms with Crippen molar-refractivity contribution in [2.45, 2.75) is 43.1 Å². The minimum absolute atomic E-state index is 0.0235. The van der Waals surface area contributed by atoms with Crippen LogP contribution >= 0.6 is 0 Å². The standard InChI is InChI=1S/C16H23FN2O4S/c17-13-4-6-15(7-5-13)24(22,23)19-9-8-16(21)18-11-12-2-1-3-14(20)10-12/h4-7,12,14,19-20H,1-3,8-11H2,(H,18,21)/t12-,14+/m1/s1. The molecule has 1 aliphatic carbocycles. The van der Waals surface area contributed by atoms with Crippen molar-refractivity contribution in [2.24, 2.45) is 5.92 Å². The molecular weight excluding hydrogens is 335 g/mol. The van der Waals surface area contributed by atoms with Crippen molar-refractivity contribution in [3.8, 4) is 0 Å². The Kier molecular flexibility index (Phi) is 6.70. The zero-order chi connectivity index (χ0) is 17.6. The third-order valence-corrected chi connectivity index (χ3v) is 5.59. The molecule has 0 aromatic heterocycles. The highest BCUT2D eigenvalue weighted by atomic mass is 32.2. The second kappa shape index (κ2) is 8.55. The Hall–Kier alpha value is -1.51. The van der Waals surface area contributed by atoms with Crippen LogP contribution in [0.4, 0.5) is 4.39 Å². The molecule has 0 unspecified atom stereocenters. The van der Waals surface area contributed by atoms with E-state index in [-0.39, 0.29) is 35.8 Å². The van der Waals surface area contributed by atoms with Gasteiger partial charge in [0, 0.05) is 19.5 Å². The maximum Gasteiger partial charge on any atom is 0.240 e.